The van der Waals surface area contributed by atoms with Gasteiger partial charge >= 0.3 is 5.97 Å². The molecular weight excluding hydrogens is 402 g/mol. The molecule has 3 aromatic carbocycles. The van der Waals surface area contributed by atoms with Crippen LogP contribution in [0.1, 0.15) is 37.9 Å². The van der Waals surface area contributed by atoms with Crippen molar-refractivity contribution in [3.8, 4) is 0 Å². The highest BCUT2D eigenvalue weighted by molar-refractivity contribution is 6.30. The van der Waals surface area contributed by atoms with Crippen LogP contribution in [0.4, 0.5) is 0 Å². The molecule has 3 aromatic rings. The van der Waals surface area contributed by atoms with Gasteiger partial charge in [0, 0.05) is 21.7 Å². The van der Waals surface area contributed by atoms with E-state index in [1.165, 1.54) is 0 Å². The first-order valence-electron chi connectivity index (χ1n) is 9.33. The first-order chi connectivity index (χ1) is 14.4. The summed E-state index contributed by atoms with van der Waals surface area (Å²) < 4.78 is 5.45. The van der Waals surface area contributed by atoms with Crippen molar-refractivity contribution in [1.29, 1.82) is 0 Å². The first-order valence-corrected chi connectivity index (χ1v) is 9.71. The Hall–Kier alpha value is -3.44. The summed E-state index contributed by atoms with van der Waals surface area (Å²) in [6.45, 7) is 1.55. The summed E-state index contributed by atoms with van der Waals surface area (Å²) >= 11 is 5.93. The van der Waals surface area contributed by atoms with Crippen LogP contribution in [0.2, 0.25) is 5.02 Å². The number of halogens is 1. The Balaban J connectivity index is 1.71. The average molecular weight is 422 g/mol. The number of carbonyl (C=O) groups is 3. The lowest BCUT2D eigenvalue weighted by Crippen LogP contribution is -2.32. The summed E-state index contributed by atoms with van der Waals surface area (Å²) in [6, 6.07) is 22.0. The third-order valence-corrected chi connectivity index (χ3v) is 4.68. The van der Waals surface area contributed by atoms with Crippen molar-refractivity contribution >= 4 is 29.3 Å². The van der Waals surface area contributed by atoms with Crippen LogP contribution in [0.15, 0.2) is 78.9 Å². The molecule has 0 bridgehead atoms. The topological polar surface area (TPSA) is 72.5 Å². The lowest BCUT2D eigenvalue weighted by atomic mass is 10.00. The van der Waals surface area contributed by atoms with E-state index in [1.54, 1.807) is 66.7 Å². The van der Waals surface area contributed by atoms with E-state index < -0.39 is 18.0 Å². The summed E-state index contributed by atoms with van der Waals surface area (Å²) in [5.74, 6) is -1.49. The molecule has 0 aromatic heterocycles. The van der Waals surface area contributed by atoms with Gasteiger partial charge in [0.15, 0.2) is 6.10 Å². The Bertz CT molecular complexity index is 1030. The molecule has 0 saturated heterocycles. The molecule has 0 heterocycles. The van der Waals surface area contributed by atoms with E-state index in [4.69, 9.17) is 16.3 Å². The molecule has 0 aliphatic heterocycles. The molecule has 0 unspecified atom stereocenters. The standard InChI is InChI=1S/C24H20ClNO4/c1-16-7-9-19(10-8-16)24(29)26-15-21(27)30-23(18-11-13-20(25)14-12-18)22(28)17-5-3-2-4-6-17/h2-14,23H,15H2,1H3,(H,26,29)/t23-/m1/s1. The van der Waals surface area contributed by atoms with Gasteiger partial charge in [-0.25, -0.2) is 0 Å². The fraction of sp³-hybridized carbons (Fsp3) is 0.125. The number of ketones is 1. The van der Waals surface area contributed by atoms with Crippen molar-refractivity contribution in [2.75, 3.05) is 6.54 Å². The van der Waals surface area contributed by atoms with Gasteiger partial charge in [0.2, 0.25) is 5.78 Å². The number of amides is 1. The van der Waals surface area contributed by atoms with Crippen LogP contribution in [0.5, 0.6) is 0 Å². The maximum Gasteiger partial charge on any atom is 0.326 e. The van der Waals surface area contributed by atoms with E-state index in [0.29, 0.717) is 21.7 Å². The fourth-order valence-electron chi connectivity index (χ4n) is 2.80. The van der Waals surface area contributed by atoms with Gasteiger partial charge in [-0.2, -0.15) is 0 Å². The molecule has 0 radical (unpaired) electrons. The van der Waals surface area contributed by atoms with Crippen LogP contribution in [0.25, 0.3) is 0 Å². The van der Waals surface area contributed by atoms with Gasteiger partial charge in [0.05, 0.1) is 0 Å². The minimum absolute atomic E-state index is 0.362. The fourth-order valence-corrected chi connectivity index (χ4v) is 2.92. The van der Waals surface area contributed by atoms with E-state index in [2.05, 4.69) is 5.32 Å². The van der Waals surface area contributed by atoms with E-state index >= 15 is 0 Å². The first kappa shape index (κ1) is 21.3. The molecule has 3 rings (SSSR count). The molecule has 0 aliphatic carbocycles. The number of hydrogen-bond donors (Lipinski definition) is 1. The maximum absolute atomic E-state index is 13.0. The zero-order valence-corrected chi connectivity index (χ0v) is 17.1. The van der Waals surface area contributed by atoms with Crippen LogP contribution < -0.4 is 5.32 Å². The van der Waals surface area contributed by atoms with E-state index in [-0.39, 0.29) is 12.3 Å². The Kier molecular flexibility index (Phi) is 6.99. The highest BCUT2D eigenvalue weighted by atomic mass is 35.5. The van der Waals surface area contributed by atoms with Gasteiger partial charge in [0.1, 0.15) is 6.54 Å². The lowest BCUT2D eigenvalue weighted by Gasteiger charge is -2.18. The molecule has 0 aliphatic rings. The molecule has 1 amide bonds. The second-order valence-electron chi connectivity index (χ2n) is 6.70. The number of Topliss-reactive ketones (excluding diaryl/α,β-unsaturated/α-hetero) is 1. The van der Waals surface area contributed by atoms with Crippen LogP contribution in [0, 0.1) is 6.92 Å². The largest absolute Gasteiger partial charge is 0.448 e. The average Bonchev–Trinajstić information content (AvgIpc) is 2.77. The normalized spacial score (nSPS) is 11.4. The zero-order chi connectivity index (χ0) is 21.5. The van der Waals surface area contributed by atoms with E-state index in [1.807, 2.05) is 19.1 Å². The summed E-state index contributed by atoms with van der Waals surface area (Å²) in [6.07, 6.45) is -1.14. The molecule has 5 nitrogen and oxygen atoms in total. The molecule has 1 atom stereocenters. The second-order valence-corrected chi connectivity index (χ2v) is 7.14. The van der Waals surface area contributed by atoms with Gasteiger partial charge in [-0.3, -0.25) is 14.4 Å². The minimum atomic E-state index is -1.14. The number of carbonyl (C=O) groups excluding carboxylic acids is 3. The Morgan fingerprint density at radius 1 is 0.867 bits per heavy atom. The van der Waals surface area contributed by atoms with E-state index in [9.17, 15) is 14.4 Å². The molecule has 0 spiro atoms. The van der Waals surface area contributed by atoms with E-state index in [0.717, 1.165) is 5.56 Å². The number of esters is 1. The van der Waals surface area contributed by atoms with Crippen LogP contribution >= 0.6 is 11.6 Å². The number of aryl methyl sites for hydroxylation is 1. The SMILES string of the molecule is Cc1ccc(C(=O)NCC(=O)O[C@@H](C(=O)c2ccccc2)c2ccc(Cl)cc2)cc1. The van der Waals surface area contributed by atoms with Crippen molar-refractivity contribution in [3.05, 3.63) is 106 Å². The monoisotopic (exact) mass is 421 g/mol. The van der Waals surface area contributed by atoms with Gasteiger partial charge in [0.25, 0.3) is 5.91 Å². The third kappa shape index (κ3) is 5.55. The Labute approximate surface area is 179 Å². The van der Waals surface area contributed by atoms with Crippen molar-refractivity contribution in [3.63, 3.8) is 0 Å². The highest BCUT2D eigenvalue weighted by Gasteiger charge is 2.26. The maximum atomic E-state index is 13.0. The predicted molar refractivity (Wildman–Crippen MR) is 115 cm³/mol. The second kappa shape index (κ2) is 9.85. The number of ether oxygens (including phenoxy) is 1. The van der Waals surface area contributed by atoms with Crippen molar-refractivity contribution < 1.29 is 19.1 Å². The molecule has 152 valence electrons. The summed E-state index contributed by atoms with van der Waals surface area (Å²) in [4.78, 5) is 37.6. The number of hydrogen-bond acceptors (Lipinski definition) is 4. The summed E-state index contributed by atoms with van der Waals surface area (Å²) in [5, 5.41) is 3.02. The Morgan fingerprint density at radius 3 is 2.13 bits per heavy atom. The molecule has 6 heteroatoms. The molecule has 0 fully saturated rings. The van der Waals surface area contributed by atoms with Crippen molar-refractivity contribution in [2.24, 2.45) is 0 Å². The van der Waals surface area contributed by atoms with Gasteiger partial charge in [-0.1, -0.05) is 71.8 Å². The van der Waals surface area contributed by atoms with Gasteiger partial charge < -0.3 is 10.1 Å². The number of nitrogens with one attached hydrogen (secondary N) is 1. The molecule has 1 N–H and O–H groups in total. The van der Waals surface area contributed by atoms with Gasteiger partial charge in [-0.15, -0.1) is 0 Å². The molecular formula is C24H20ClNO4. The minimum Gasteiger partial charge on any atom is -0.448 e. The lowest BCUT2D eigenvalue weighted by molar-refractivity contribution is -0.146. The molecule has 0 saturated carbocycles. The third-order valence-electron chi connectivity index (χ3n) is 4.43. The predicted octanol–water partition coefficient (Wildman–Crippen LogP) is 4.55. The van der Waals surface area contributed by atoms with Crippen molar-refractivity contribution in [1.82, 2.24) is 5.32 Å². The number of benzene rings is 3. The number of rotatable bonds is 7. The van der Waals surface area contributed by atoms with Crippen molar-refractivity contribution in [2.45, 2.75) is 13.0 Å². The Morgan fingerprint density at radius 2 is 1.50 bits per heavy atom. The van der Waals surface area contributed by atoms with Crippen LogP contribution in [-0.2, 0) is 9.53 Å². The quantitative estimate of drug-likeness (QED) is 0.449. The van der Waals surface area contributed by atoms with Gasteiger partial charge in [-0.05, 0) is 31.2 Å². The highest BCUT2D eigenvalue weighted by Crippen LogP contribution is 2.24. The summed E-state index contributed by atoms with van der Waals surface area (Å²) in [7, 11) is 0. The molecule has 30 heavy (non-hydrogen) atoms. The van der Waals surface area contributed by atoms with Crippen LogP contribution in [0.3, 0.4) is 0 Å². The zero-order valence-electron chi connectivity index (χ0n) is 16.3. The van der Waals surface area contributed by atoms with Crippen LogP contribution in [-0.4, -0.2) is 24.2 Å². The smallest absolute Gasteiger partial charge is 0.326 e. The summed E-state index contributed by atoms with van der Waals surface area (Å²) in [5.41, 5.74) is 2.36.